The largest absolute Gasteiger partial charge is 0.490 e. The number of sulfonamides is 1. The van der Waals surface area contributed by atoms with Gasteiger partial charge in [-0.2, -0.15) is 0 Å². The van der Waals surface area contributed by atoms with E-state index in [9.17, 15) is 18.0 Å². The van der Waals surface area contributed by atoms with E-state index in [0.29, 0.717) is 51.5 Å². The van der Waals surface area contributed by atoms with Gasteiger partial charge in [-0.1, -0.05) is 31.0 Å². The number of nitrogens with zero attached hydrogens (tertiary/aromatic N) is 2. The van der Waals surface area contributed by atoms with Crippen LogP contribution in [0.2, 0.25) is 5.02 Å². The molecule has 0 radical (unpaired) electrons. The molecule has 1 N–H and O–H groups in total. The Morgan fingerprint density at radius 2 is 1.86 bits per heavy atom. The van der Waals surface area contributed by atoms with Crippen LogP contribution in [-0.2, 0) is 31.4 Å². The SMILES string of the molecule is C[C@@H]1[C@@H](C)CCC[C@@](C=O)(CN2CCOCC2)[C@@H]2CC[C@H]2CN2C[C@@]3(CCCc4cc(Cl)ccc43)COc3ccc(cc32)C(=O)NS1(=O)=O. The van der Waals surface area contributed by atoms with Crippen LogP contribution in [0.4, 0.5) is 5.69 Å². The second-order valence-electron chi connectivity index (χ2n) is 15.5. The number of amides is 1. The standard InChI is InChI=1S/C38H50ClN3O6S/c1-26-5-3-13-37(24-43,22-41-15-17-47-18-16-41)33-10-7-30(33)21-42-23-38(14-4-6-28-19-31(39)9-11-32(28)38)25-48-35-12-8-29(20-34(35)42)36(44)40-49(45,46)27(26)2/h8-9,11-12,19-20,24,26-27,30,33H,3-7,10,13-18,21-23,25H2,1-2H3,(H,40,44)/t26-,27+,30-,33+,37-,38-/m0/s1. The maximum atomic E-state index is 13.6. The van der Waals surface area contributed by atoms with Crippen LogP contribution in [0.25, 0.3) is 0 Å². The van der Waals surface area contributed by atoms with Crippen LogP contribution in [0.5, 0.6) is 5.75 Å². The minimum absolute atomic E-state index is 0.191. The fraction of sp³-hybridized carbons (Fsp3) is 0.632. The molecule has 49 heavy (non-hydrogen) atoms. The van der Waals surface area contributed by atoms with Gasteiger partial charge in [-0.3, -0.25) is 9.69 Å². The van der Waals surface area contributed by atoms with E-state index < -0.39 is 26.6 Å². The molecule has 2 fully saturated rings. The van der Waals surface area contributed by atoms with Crippen molar-refractivity contribution in [2.75, 3.05) is 57.4 Å². The van der Waals surface area contributed by atoms with Gasteiger partial charge in [0, 0.05) is 54.1 Å². The number of carbonyl (C=O) groups excluding carboxylic acids is 2. The predicted octanol–water partition coefficient (Wildman–Crippen LogP) is 5.62. The molecule has 0 unspecified atom stereocenters. The Labute approximate surface area is 296 Å². The van der Waals surface area contributed by atoms with Crippen molar-refractivity contribution in [2.45, 2.75) is 75.9 Å². The lowest BCUT2D eigenvalue weighted by Gasteiger charge is -2.52. The Morgan fingerprint density at radius 3 is 2.61 bits per heavy atom. The van der Waals surface area contributed by atoms with Crippen LogP contribution in [0.1, 0.15) is 80.3 Å². The van der Waals surface area contributed by atoms with E-state index >= 15 is 0 Å². The monoisotopic (exact) mass is 711 g/mol. The highest BCUT2D eigenvalue weighted by atomic mass is 35.5. The normalized spacial score (nSPS) is 33.6. The number of anilines is 1. The lowest BCUT2D eigenvalue weighted by Crippen LogP contribution is -2.55. The average Bonchev–Trinajstić information content (AvgIpc) is 3.22. The Bertz CT molecular complexity index is 1680. The van der Waals surface area contributed by atoms with Crippen molar-refractivity contribution in [3.63, 3.8) is 0 Å². The molecule has 0 aromatic heterocycles. The number of aryl methyl sites for hydroxylation is 1. The molecule has 2 aromatic carbocycles. The highest BCUT2D eigenvalue weighted by molar-refractivity contribution is 7.90. The lowest BCUT2D eigenvalue weighted by atomic mass is 9.57. The molecule has 9 nitrogen and oxygen atoms in total. The summed E-state index contributed by atoms with van der Waals surface area (Å²) < 4.78 is 41.7. The molecule has 3 aliphatic heterocycles. The third kappa shape index (κ3) is 6.75. The molecule has 1 spiro atoms. The van der Waals surface area contributed by atoms with E-state index in [1.54, 1.807) is 19.1 Å². The first kappa shape index (κ1) is 34.8. The molecule has 3 heterocycles. The van der Waals surface area contributed by atoms with Crippen molar-refractivity contribution in [1.82, 2.24) is 9.62 Å². The maximum Gasteiger partial charge on any atom is 0.264 e. The lowest BCUT2D eigenvalue weighted by molar-refractivity contribution is -0.128. The summed E-state index contributed by atoms with van der Waals surface area (Å²) in [5.74, 6) is 0.349. The molecule has 2 bridgehead atoms. The van der Waals surface area contributed by atoms with Gasteiger partial charge in [0.1, 0.15) is 12.0 Å². The van der Waals surface area contributed by atoms with Gasteiger partial charge in [-0.05, 0) is 111 Å². The van der Waals surface area contributed by atoms with Crippen LogP contribution in [0.3, 0.4) is 0 Å². The van der Waals surface area contributed by atoms with Crippen molar-refractivity contribution in [2.24, 2.45) is 23.2 Å². The zero-order chi connectivity index (χ0) is 34.4. The summed E-state index contributed by atoms with van der Waals surface area (Å²) in [6.45, 7) is 9.16. The maximum absolute atomic E-state index is 13.6. The van der Waals surface area contributed by atoms with Gasteiger partial charge in [0.25, 0.3) is 5.91 Å². The van der Waals surface area contributed by atoms with E-state index in [4.69, 9.17) is 21.1 Å². The molecule has 2 aliphatic carbocycles. The molecule has 6 atom stereocenters. The summed E-state index contributed by atoms with van der Waals surface area (Å²) in [5.41, 5.74) is 2.77. The van der Waals surface area contributed by atoms with Gasteiger partial charge in [-0.25, -0.2) is 13.1 Å². The summed E-state index contributed by atoms with van der Waals surface area (Å²) in [5, 5.41) is -0.0400. The second-order valence-corrected chi connectivity index (χ2v) is 18.0. The second kappa shape index (κ2) is 13.8. The van der Waals surface area contributed by atoms with Crippen LogP contribution < -0.4 is 14.4 Å². The molecule has 2 aromatic rings. The fourth-order valence-electron chi connectivity index (χ4n) is 9.40. The Balaban J connectivity index is 1.31. The molecule has 11 heteroatoms. The molecule has 266 valence electrons. The minimum Gasteiger partial charge on any atom is -0.490 e. The average molecular weight is 712 g/mol. The highest BCUT2D eigenvalue weighted by Crippen LogP contribution is 2.51. The number of halogens is 1. The van der Waals surface area contributed by atoms with Crippen LogP contribution >= 0.6 is 11.6 Å². The number of morpholine rings is 1. The van der Waals surface area contributed by atoms with Crippen molar-refractivity contribution in [3.8, 4) is 5.75 Å². The molecular formula is C38H50ClN3O6S. The van der Waals surface area contributed by atoms with Crippen LogP contribution in [-0.4, -0.2) is 83.3 Å². The third-order valence-electron chi connectivity index (χ3n) is 12.6. The van der Waals surface area contributed by atoms with E-state index in [1.807, 2.05) is 19.1 Å². The summed E-state index contributed by atoms with van der Waals surface area (Å²) in [6, 6.07) is 11.5. The quantitative estimate of drug-likeness (QED) is 0.409. The first-order valence-corrected chi connectivity index (χ1v) is 20.1. The number of hydrogen-bond donors (Lipinski definition) is 1. The van der Waals surface area contributed by atoms with Gasteiger partial charge in [0.15, 0.2) is 0 Å². The summed E-state index contributed by atoms with van der Waals surface area (Å²) in [6.07, 6.45) is 8.30. The van der Waals surface area contributed by atoms with Gasteiger partial charge in [-0.15, -0.1) is 0 Å². The van der Waals surface area contributed by atoms with E-state index in [2.05, 4.69) is 26.7 Å². The van der Waals surface area contributed by atoms with Crippen molar-refractivity contribution in [1.29, 1.82) is 0 Å². The third-order valence-corrected chi connectivity index (χ3v) is 14.7. The fourth-order valence-corrected chi connectivity index (χ4v) is 10.9. The van der Waals surface area contributed by atoms with Crippen LogP contribution in [0, 0.1) is 23.2 Å². The number of aldehydes is 1. The molecule has 1 saturated heterocycles. The van der Waals surface area contributed by atoms with Crippen molar-refractivity contribution < 1.29 is 27.5 Å². The molecule has 7 rings (SSSR count). The molecule has 1 saturated carbocycles. The number of carbonyl (C=O) groups is 2. The Kier molecular flexibility index (Phi) is 9.80. The number of ether oxygens (including phenoxy) is 2. The predicted molar refractivity (Wildman–Crippen MR) is 191 cm³/mol. The van der Waals surface area contributed by atoms with E-state index in [-0.39, 0.29) is 28.7 Å². The number of benzene rings is 2. The van der Waals surface area contributed by atoms with Gasteiger partial charge >= 0.3 is 0 Å². The first-order valence-electron chi connectivity index (χ1n) is 18.2. The molecule has 1 amide bonds. The topological polar surface area (TPSA) is 105 Å². The number of nitrogens with one attached hydrogen (secondary N) is 1. The molecule has 5 aliphatic rings. The highest BCUT2D eigenvalue weighted by Gasteiger charge is 2.50. The summed E-state index contributed by atoms with van der Waals surface area (Å²) in [4.78, 5) is 31.8. The zero-order valence-electron chi connectivity index (χ0n) is 28.8. The number of fused-ring (bicyclic) bond motifs is 4. The smallest absolute Gasteiger partial charge is 0.264 e. The number of rotatable bonds is 3. The summed E-state index contributed by atoms with van der Waals surface area (Å²) >= 11 is 6.46. The van der Waals surface area contributed by atoms with Gasteiger partial charge in [0.2, 0.25) is 10.0 Å². The number of hydrogen-bond acceptors (Lipinski definition) is 8. The van der Waals surface area contributed by atoms with E-state index in [0.717, 1.165) is 68.9 Å². The first-order chi connectivity index (χ1) is 23.5. The van der Waals surface area contributed by atoms with E-state index in [1.165, 1.54) is 17.4 Å². The van der Waals surface area contributed by atoms with Crippen molar-refractivity contribution >= 4 is 39.5 Å². The summed E-state index contributed by atoms with van der Waals surface area (Å²) in [7, 11) is -3.95. The van der Waals surface area contributed by atoms with Gasteiger partial charge in [0.05, 0.1) is 30.8 Å². The zero-order valence-corrected chi connectivity index (χ0v) is 30.4. The van der Waals surface area contributed by atoms with Gasteiger partial charge < -0.3 is 19.2 Å². The van der Waals surface area contributed by atoms with Crippen LogP contribution in [0.15, 0.2) is 36.4 Å². The molecular weight excluding hydrogens is 662 g/mol. The Morgan fingerprint density at radius 1 is 1.04 bits per heavy atom. The van der Waals surface area contributed by atoms with Crippen molar-refractivity contribution in [3.05, 3.63) is 58.1 Å². The Hall–Kier alpha value is -2.66. The minimum atomic E-state index is -3.95.